The molecule has 116 valence electrons. The molecular formula is C18H30F2. The first-order valence-electron chi connectivity index (χ1n) is 8.70. The van der Waals surface area contributed by atoms with Gasteiger partial charge in [-0.05, 0) is 56.3 Å². The Morgan fingerprint density at radius 3 is 2.00 bits per heavy atom. The van der Waals surface area contributed by atoms with E-state index in [2.05, 4.69) is 6.92 Å². The Kier molecular flexibility index (Phi) is 6.51. The van der Waals surface area contributed by atoms with E-state index in [1.165, 1.54) is 44.9 Å². The third-order valence-corrected chi connectivity index (χ3v) is 5.79. The molecule has 2 saturated carbocycles. The number of rotatable bonds is 5. The quantitative estimate of drug-likeness (QED) is 0.535. The smallest absolute Gasteiger partial charge is 0.131 e. The van der Waals surface area contributed by atoms with Gasteiger partial charge in [0.2, 0.25) is 0 Å². The number of hydrogen-bond donors (Lipinski definition) is 0. The fourth-order valence-corrected chi connectivity index (χ4v) is 4.40. The summed E-state index contributed by atoms with van der Waals surface area (Å²) >= 11 is 0. The molecule has 2 fully saturated rings. The summed E-state index contributed by atoms with van der Waals surface area (Å²) in [6.07, 6.45) is 13.8. The van der Waals surface area contributed by atoms with E-state index < -0.39 is 5.83 Å². The first-order valence-corrected chi connectivity index (χ1v) is 8.70. The standard InChI is InChI=1S/C18H30F2/c1-2-3-4-14-5-7-15(8-6-14)16-9-11-17(12-10-16)18(20)13-19/h13-17H,2-12H2,1H3/b18-13+. The van der Waals surface area contributed by atoms with Crippen molar-refractivity contribution in [1.29, 1.82) is 0 Å². The molecule has 0 bridgehead atoms. The monoisotopic (exact) mass is 284 g/mol. The molecule has 2 aliphatic rings. The molecule has 0 saturated heterocycles. The third kappa shape index (κ3) is 4.30. The first-order chi connectivity index (χ1) is 9.74. The topological polar surface area (TPSA) is 0 Å². The molecule has 0 aromatic heterocycles. The molecule has 2 aliphatic carbocycles. The van der Waals surface area contributed by atoms with Crippen LogP contribution in [0, 0.1) is 23.7 Å². The molecule has 0 unspecified atom stereocenters. The highest BCUT2D eigenvalue weighted by atomic mass is 19.2. The SMILES string of the molecule is CCCCC1CCC(C2CCC(/C(F)=C\F)CC2)CC1. The first kappa shape index (κ1) is 16.0. The summed E-state index contributed by atoms with van der Waals surface area (Å²) in [4.78, 5) is 0. The number of unbranched alkanes of at least 4 members (excludes halogenated alkanes) is 1. The van der Waals surface area contributed by atoms with Crippen molar-refractivity contribution in [1.82, 2.24) is 0 Å². The van der Waals surface area contributed by atoms with Gasteiger partial charge in [0.15, 0.2) is 0 Å². The van der Waals surface area contributed by atoms with Crippen molar-refractivity contribution in [3.8, 4) is 0 Å². The second-order valence-electron chi connectivity index (χ2n) is 7.03. The molecule has 2 heteroatoms. The maximum absolute atomic E-state index is 13.2. The lowest BCUT2D eigenvalue weighted by atomic mass is 9.68. The average molecular weight is 284 g/mol. The lowest BCUT2D eigenvalue weighted by Crippen LogP contribution is -2.26. The van der Waals surface area contributed by atoms with Crippen LogP contribution in [-0.2, 0) is 0 Å². The molecule has 0 aromatic rings. The fraction of sp³-hybridized carbons (Fsp3) is 0.889. The van der Waals surface area contributed by atoms with E-state index in [0.717, 1.165) is 43.4 Å². The van der Waals surface area contributed by atoms with Crippen molar-refractivity contribution in [3.63, 3.8) is 0 Å². The van der Waals surface area contributed by atoms with Gasteiger partial charge < -0.3 is 0 Å². The lowest BCUT2D eigenvalue weighted by molar-refractivity contribution is 0.144. The highest BCUT2D eigenvalue weighted by Crippen LogP contribution is 2.43. The summed E-state index contributed by atoms with van der Waals surface area (Å²) in [7, 11) is 0. The van der Waals surface area contributed by atoms with Crippen LogP contribution in [0.25, 0.3) is 0 Å². The lowest BCUT2D eigenvalue weighted by Gasteiger charge is -2.37. The van der Waals surface area contributed by atoms with Crippen LogP contribution in [0.5, 0.6) is 0 Å². The predicted molar refractivity (Wildman–Crippen MR) is 80.7 cm³/mol. The highest BCUT2D eigenvalue weighted by Gasteiger charge is 2.31. The Hall–Kier alpha value is -0.400. The molecule has 0 spiro atoms. The molecule has 0 aliphatic heterocycles. The van der Waals surface area contributed by atoms with E-state index in [9.17, 15) is 8.78 Å². The van der Waals surface area contributed by atoms with Crippen molar-refractivity contribution >= 4 is 0 Å². The van der Waals surface area contributed by atoms with Crippen molar-refractivity contribution in [2.75, 3.05) is 0 Å². The molecule has 20 heavy (non-hydrogen) atoms. The predicted octanol–water partition coefficient (Wildman–Crippen LogP) is 6.57. The van der Waals surface area contributed by atoms with E-state index in [1.54, 1.807) is 0 Å². The maximum Gasteiger partial charge on any atom is 0.131 e. The Balaban J connectivity index is 1.70. The van der Waals surface area contributed by atoms with Crippen molar-refractivity contribution in [3.05, 3.63) is 12.2 Å². The van der Waals surface area contributed by atoms with Crippen molar-refractivity contribution in [2.45, 2.75) is 77.6 Å². The van der Waals surface area contributed by atoms with Gasteiger partial charge in [0.25, 0.3) is 0 Å². The van der Waals surface area contributed by atoms with Gasteiger partial charge in [-0.15, -0.1) is 0 Å². The molecule has 0 atom stereocenters. The normalized spacial score (nSPS) is 36.0. The van der Waals surface area contributed by atoms with E-state index in [-0.39, 0.29) is 12.2 Å². The summed E-state index contributed by atoms with van der Waals surface area (Å²) < 4.78 is 25.5. The molecule has 0 heterocycles. The van der Waals surface area contributed by atoms with E-state index in [0.29, 0.717) is 0 Å². The van der Waals surface area contributed by atoms with Crippen LogP contribution in [0.3, 0.4) is 0 Å². The zero-order valence-electron chi connectivity index (χ0n) is 12.9. The molecule has 2 rings (SSSR count). The van der Waals surface area contributed by atoms with E-state index >= 15 is 0 Å². The minimum Gasteiger partial charge on any atom is -0.213 e. The van der Waals surface area contributed by atoms with Gasteiger partial charge in [0.1, 0.15) is 12.2 Å². The molecule has 0 amide bonds. The minimum atomic E-state index is -0.522. The van der Waals surface area contributed by atoms with Crippen LogP contribution in [0.4, 0.5) is 8.78 Å². The Morgan fingerprint density at radius 2 is 1.50 bits per heavy atom. The maximum atomic E-state index is 13.2. The second kappa shape index (κ2) is 8.14. The van der Waals surface area contributed by atoms with Gasteiger partial charge in [0.05, 0.1) is 0 Å². The minimum absolute atomic E-state index is 0.128. The molecule has 0 radical (unpaired) electrons. The van der Waals surface area contributed by atoms with E-state index in [4.69, 9.17) is 0 Å². The average Bonchev–Trinajstić information content (AvgIpc) is 2.53. The van der Waals surface area contributed by atoms with Crippen molar-refractivity contribution in [2.24, 2.45) is 23.7 Å². The van der Waals surface area contributed by atoms with Crippen LogP contribution in [0.2, 0.25) is 0 Å². The largest absolute Gasteiger partial charge is 0.213 e. The van der Waals surface area contributed by atoms with E-state index in [1.807, 2.05) is 0 Å². The van der Waals surface area contributed by atoms with Crippen LogP contribution >= 0.6 is 0 Å². The summed E-state index contributed by atoms with van der Waals surface area (Å²) in [6.45, 7) is 2.27. The van der Waals surface area contributed by atoms with Gasteiger partial charge in [0, 0.05) is 5.92 Å². The van der Waals surface area contributed by atoms with Crippen LogP contribution in [-0.4, -0.2) is 0 Å². The van der Waals surface area contributed by atoms with Gasteiger partial charge >= 0.3 is 0 Å². The third-order valence-electron chi connectivity index (χ3n) is 5.79. The van der Waals surface area contributed by atoms with Gasteiger partial charge in [-0.3, -0.25) is 0 Å². The molecular weight excluding hydrogens is 254 g/mol. The highest BCUT2D eigenvalue weighted by molar-refractivity contribution is 4.96. The number of hydrogen-bond acceptors (Lipinski definition) is 0. The van der Waals surface area contributed by atoms with Gasteiger partial charge in [-0.2, -0.15) is 0 Å². The summed E-state index contributed by atoms with van der Waals surface area (Å²) in [5.41, 5.74) is 0. The number of allylic oxidation sites excluding steroid dienone is 1. The Labute approximate surface area is 123 Å². The fourth-order valence-electron chi connectivity index (χ4n) is 4.40. The Bertz CT molecular complexity index is 295. The zero-order valence-corrected chi connectivity index (χ0v) is 12.9. The summed E-state index contributed by atoms with van der Waals surface area (Å²) in [6, 6.07) is 0. The second-order valence-corrected chi connectivity index (χ2v) is 7.03. The van der Waals surface area contributed by atoms with Crippen LogP contribution < -0.4 is 0 Å². The van der Waals surface area contributed by atoms with Crippen LogP contribution in [0.15, 0.2) is 12.2 Å². The van der Waals surface area contributed by atoms with Gasteiger partial charge in [-0.25, -0.2) is 8.78 Å². The Morgan fingerprint density at radius 1 is 0.950 bits per heavy atom. The summed E-state index contributed by atoms with van der Waals surface area (Å²) in [5, 5.41) is 0. The molecule has 0 nitrogen and oxygen atoms in total. The van der Waals surface area contributed by atoms with Crippen LogP contribution in [0.1, 0.15) is 77.6 Å². The van der Waals surface area contributed by atoms with Gasteiger partial charge in [-0.1, -0.05) is 39.0 Å². The molecule has 0 aromatic carbocycles. The number of halogens is 2. The molecule has 0 N–H and O–H groups in total. The van der Waals surface area contributed by atoms with Crippen molar-refractivity contribution < 1.29 is 8.78 Å². The summed E-state index contributed by atoms with van der Waals surface area (Å²) in [5.74, 6) is 1.97. The zero-order chi connectivity index (χ0) is 14.4.